The van der Waals surface area contributed by atoms with E-state index in [1.807, 2.05) is 30.3 Å². The van der Waals surface area contributed by atoms with Gasteiger partial charge in [-0.25, -0.2) is 0 Å². The number of rotatable bonds is 4. The highest BCUT2D eigenvalue weighted by Gasteiger charge is 2.14. The molecule has 1 heterocycles. The molecule has 0 spiro atoms. The van der Waals surface area contributed by atoms with Gasteiger partial charge in [0.2, 0.25) is 0 Å². The maximum Gasteiger partial charge on any atom is 0.257 e. The van der Waals surface area contributed by atoms with E-state index in [0.717, 1.165) is 29.1 Å². The van der Waals surface area contributed by atoms with E-state index in [1.165, 1.54) is 32.1 Å². The third kappa shape index (κ3) is 2.80. The minimum absolute atomic E-state index is 0.0125. The van der Waals surface area contributed by atoms with Crippen LogP contribution in [0.25, 0.3) is 10.8 Å². The van der Waals surface area contributed by atoms with Crippen molar-refractivity contribution in [2.24, 2.45) is 5.92 Å². The predicted molar refractivity (Wildman–Crippen MR) is 79.6 cm³/mol. The van der Waals surface area contributed by atoms with Gasteiger partial charge in [-0.3, -0.25) is 4.79 Å². The van der Waals surface area contributed by atoms with Crippen molar-refractivity contribution < 1.29 is 0 Å². The van der Waals surface area contributed by atoms with Crippen LogP contribution >= 0.6 is 0 Å². The molecule has 0 bridgehead atoms. The molecule has 19 heavy (non-hydrogen) atoms. The fourth-order valence-electron chi connectivity index (χ4n) is 3.02. The molecule has 3 nitrogen and oxygen atoms in total. The van der Waals surface area contributed by atoms with Crippen LogP contribution in [0, 0.1) is 5.92 Å². The number of hydrogen-bond acceptors (Lipinski definition) is 2. The molecule has 100 valence electrons. The van der Waals surface area contributed by atoms with E-state index < -0.39 is 0 Å². The second-order valence-electron chi connectivity index (χ2n) is 5.47. The molecule has 1 fully saturated rings. The van der Waals surface area contributed by atoms with Crippen molar-refractivity contribution in [3.05, 3.63) is 40.7 Å². The number of aromatic nitrogens is 1. The van der Waals surface area contributed by atoms with Crippen molar-refractivity contribution in [3.8, 4) is 0 Å². The van der Waals surface area contributed by atoms with Crippen LogP contribution in [0.4, 0.5) is 5.82 Å². The van der Waals surface area contributed by atoms with Gasteiger partial charge in [-0.15, -0.1) is 0 Å². The van der Waals surface area contributed by atoms with Crippen LogP contribution in [-0.2, 0) is 0 Å². The Labute approximate surface area is 113 Å². The van der Waals surface area contributed by atoms with Crippen LogP contribution < -0.4 is 10.9 Å². The molecule has 0 saturated heterocycles. The van der Waals surface area contributed by atoms with E-state index in [2.05, 4.69) is 10.3 Å². The second-order valence-corrected chi connectivity index (χ2v) is 5.47. The Morgan fingerprint density at radius 1 is 1.21 bits per heavy atom. The van der Waals surface area contributed by atoms with Gasteiger partial charge >= 0.3 is 0 Å². The van der Waals surface area contributed by atoms with Gasteiger partial charge in [-0.05, 0) is 29.9 Å². The van der Waals surface area contributed by atoms with Crippen molar-refractivity contribution in [1.82, 2.24) is 4.98 Å². The van der Waals surface area contributed by atoms with Crippen LogP contribution in [-0.4, -0.2) is 11.5 Å². The standard InChI is InChI=1S/C16H20N2O/c19-16-14-8-4-3-7-13(14)11-15(18-16)17-10-9-12-5-1-2-6-12/h3-4,7-8,11-12H,1-2,5-6,9-10H2,(H2,17,18,19). The molecule has 0 radical (unpaired) electrons. The number of pyridine rings is 1. The number of aromatic amines is 1. The average molecular weight is 256 g/mol. The van der Waals surface area contributed by atoms with Crippen LogP contribution in [0.2, 0.25) is 0 Å². The maximum absolute atomic E-state index is 11.9. The molecular formula is C16H20N2O. The van der Waals surface area contributed by atoms with Crippen LogP contribution in [0.15, 0.2) is 35.1 Å². The van der Waals surface area contributed by atoms with Crippen molar-refractivity contribution in [3.63, 3.8) is 0 Å². The van der Waals surface area contributed by atoms with Gasteiger partial charge in [-0.1, -0.05) is 43.9 Å². The summed E-state index contributed by atoms with van der Waals surface area (Å²) < 4.78 is 0. The predicted octanol–water partition coefficient (Wildman–Crippen LogP) is 3.52. The summed E-state index contributed by atoms with van der Waals surface area (Å²) in [6.45, 7) is 0.943. The SMILES string of the molecule is O=c1[nH]c(NCCC2CCCC2)cc2ccccc12. The van der Waals surface area contributed by atoms with Crippen molar-refractivity contribution in [1.29, 1.82) is 0 Å². The topological polar surface area (TPSA) is 44.9 Å². The lowest BCUT2D eigenvalue weighted by Gasteiger charge is -2.11. The molecule has 0 aliphatic heterocycles. The highest BCUT2D eigenvalue weighted by atomic mass is 16.1. The zero-order chi connectivity index (χ0) is 13.1. The molecule has 0 atom stereocenters. The molecule has 1 saturated carbocycles. The first-order valence-corrected chi connectivity index (χ1v) is 7.19. The van der Waals surface area contributed by atoms with Crippen molar-refractivity contribution >= 4 is 16.6 Å². The first kappa shape index (κ1) is 12.3. The van der Waals surface area contributed by atoms with Crippen molar-refractivity contribution in [2.75, 3.05) is 11.9 Å². The van der Waals surface area contributed by atoms with E-state index in [-0.39, 0.29) is 5.56 Å². The Balaban J connectivity index is 1.69. The Morgan fingerprint density at radius 3 is 2.84 bits per heavy atom. The van der Waals surface area contributed by atoms with Crippen LogP contribution in [0.3, 0.4) is 0 Å². The molecule has 2 aromatic rings. The summed E-state index contributed by atoms with van der Waals surface area (Å²) in [4.78, 5) is 14.8. The first-order valence-electron chi connectivity index (χ1n) is 7.19. The van der Waals surface area contributed by atoms with Gasteiger partial charge in [0, 0.05) is 11.9 Å². The molecule has 1 aliphatic rings. The number of anilines is 1. The van der Waals surface area contributed by atoms with Gasteiger partial charge in [-0.2, -0.15) is 0 Å². The molecule has 3 rings (SSSR count). The van der Waals surface area contributed by atoms with Gasteiger partial charge < -0.3 is 10.3 Å². The van der Waals surface area contributed by atoms with Gasteiger partial charge in [0.15, 0.2) is 0 Å². The van der Waals surface area contributed by atoms with E-state index in [0.29, 0.717) is 0 Å². The van der Waals surface area contributed by atoms with E-state index in [9.17, 15) is 4.79 Å². The summed E-state index contributed by atoms with van der Waals surface area (Å²) >= 11 is 0. The highest BCUT2D eigenvalue weighted by Crippen LogP contribution is 2.27. The zero-order valence-corrected chi connectivity index (χ0v) is 11.1. The largest absolute Gasteiger partial charge is 0.372 e. The Hall–Kier alpha value is -1.77. The van der Waals surface area contributed by atoms with Gasteiger partial charge in [0.1, 0.15) is 5.82 Å². The first-order chi connectivity index (χ1) is 9.33. The number of fused-ring (bicyclic) bond motifs is 1. The summed E-state index contributed by atoms with van der Waals surface area (Å²) in [6.07, 6.45) is 6.72. The third-order valence-electron chi connectivity index (χ3n) is 4.10. The summed E-state index contributed by atoms with van der Waals surface area (Å²) in [5.41, 5.74) is -0.0125. The number of hydrogen-bond donors (Lipinski definition) is 2. The second kappa shape index (κ2) is 5.47. The minimum atomic E-state index is -0.0125. The fraction of sp³-hybridized carbons (Fsp3) is 0.438. The maximum atomic E-state index is 11.9. The smallest absolute Gasteiger partial charge is 0.257 e. The summed E-state index contributed by atoms with van der Waals surface area (Å²) in [7, 11) is 0. The fourth-order valence-corrected chi connectivity index (χ4v) is 3.02. The Morgan fingerprint density at radius 2 is 2.00 bits per heavy atom. The molecule has 1 aromatic heterocycles. The zero-order valence-electron chi connectivity index (χ0n) is 11.1. The van der Waals surface area contributed by atoms with Crippen LogP contribution in [0.5, 0.6) is 0 Å². The monoisotopic (exact) mass is 256 g/mol. The minimum Gasteiger partial charge on any atom is -0.372 e. The van der Waals surface area contributed by atoms with Crippen LogP contribution in [0.1, 0.15) is 32.1 Å². The summed E-state index contributed by atoms with van der Waals surface area (Å²) in [6, 6.07) is 9.71. The van der Waals surface area contributed by atoms with Gasteiger partial charge in [0.25, 0.3) is 5.56 Å². The lowest BCUT2D eigenvalue weighted by atomic mass is 10.0. The molecule has 2 N–H and O–H groups in total. The van der Waals surface area contributed by atoms with Gasteiger partial charge in [0.05, 0.1) is 0 Å². The molecule has 0 unspecified atom stereocenters. The lowest BCUT2D eigenvalue weighted by Crippen LogP contribution is -2.13. The highest BCUT2D eigenvalue weighted by molar-refractivity contribution is 5.83. The lowest BCUT2D eigenvalue weighted by molar-refractivity contribution is 0.518. The third-order valence-corrected chi connectivity index (χ3v) is 4.10. The number of benzene rings is 1. The van der Waals surface area contributed by atoms with Crippen molar-refractivity contribution in [2.45, 2.75) is 32.1 Å². The quantitative estimate of drug-likeness (QED) is 0.879. The molecular weight excluding hydrogens is 236 g/mol. The molecule has 1 aromatic carbocycles. The molecule has 3 heteroatoms. The van der Waals surface area contributed by atoms with E-state index in [1.54, 1.807) is 0 Å². The average Bonchev–Trinajstić information content (AvgIpc) is 2.92. The van der Waals surface area contributed by atoms with E-state index in [4.69, 9.17) is 0 Å². The van der Waals surface area contributed by atoms with E-state index >= 15 is 0 Å². The normalized spacial score (nSPS) is 16.0. The summed E-state index contributed by atoms with van der Waals surface area (Å²) in [5, 5.41) is 5.10. The Bertz CT molecular complexity index is 611. The molecule has 0 amide bonds. The molecule has 1 aliphatic carbocycles. The summed E-state index contributed by atoms with van der Waals surface area (Å²) in [5.74, 6) is 1.71. The Kier molecular flexibility index (Phi) is 3.53. The number of H-pyrrole nitrogens is 1. The number of nitrogens with one attached hydrogen (secondary N) is 2.